The number of aryl methyl sites for hydroxylation is 1. The number of unbranched alkanes of at least 4 members (excludes halogenated alkanes) is 1. The summed E-state index contributed by atoms with van der Waals surface area (Å²) in [6.45, 7) is 5.83. The minimum atomic E-state index is -0.576. The number of thioether (sulfide) groups is 1. The number of nitrogens with zero attached hydrogens (tertiary/aromatic N) is 2. The third-order valence-electron chi connectivity index (χ3n) is 4.76. The minimum absolute atomic E-state index is 0.290. The first-order valence-corrected chi connectivity index (χ1v) is 10.9. The second-order valence-electron chi connectivity index (χ2n) is 6.98. The van der Waals surface area contributed by atoms with Gasteiger partial charge < -0.3 is 9.30 Å². The first kappa shape index (κ1) is 22.2. The van der Waals surface area contributed by atoms with Crippen molar-refractivity contribution in [1.82, 2.24) is 9.47 Å². The highest BCUT2D eigenvalue weighted by Gasteiger charge is 2.36. The third kappa shape index (κ3) is 4.79. The molecule has 1 aromatic heterocycles. The van der Waals surface area contributed by atoms with Gasteiger partial charge in [-0.1, -0.05) is 24.9 Å². The number of benzene rings is 1. The standard InChI is InChI=1S/C22H23ClN2O4S/c1-4-5-10-29-20(26)13-24-21(27)19(30-22(24)28)12-16-11-14(2)25(15(16)3)18-8-6-17(23)7-9-18/h6-9,11-12H,4-5,10,13H2,1-3H3/b19-12+. The molecule has 0 aliphatic carbocycles. The highest BCUT2D eigenvalue weighted by Crippen LogP contribution is 2.33. The minimum Gasteiger partial charge on any atom is -0.464 e. The number of amides is 2. The Kier molecular flexibility index (Phi) is 7.05. The molecule has 0 unspecified atom stereocenters. The molecule has 1 aliphatic heterocycles. The number of imide groups is 1. The van der Waals surface area contributed by atoms with Crippen LogP contribution in [0.5, 0.6) is 0 Å². The van der Waals surface area contributed by atoms with Crippen LogP contribution in [0.4, 0.5) is 4.79 Å². The molecule has 30 heavy (non-hydrogen) atoms. The molecule has 0 saturated carbocycles. The van der Waals surface area contributed by atoms with Gasteiger partial charge in [0, 0.05) is 22.1 Å². The summed E-state index contributed by atoms with van der Waals surface area (Å²) < 4.78 is 7.12. The van der Waals surface area contributed by atoms with Gasteiger partial charge in [0.1, 0.15) is 6.54 Å². The Hall–Kier alpha value is -2.51. The van der Waals surface area contributed by atoms with Crippen LogP contribution in [-0.4, -0.2) is 39.7 Å². The zero-order chi connectivity index (χ0) is 21.8. The summed E-state index contributed by atoms with van der Waals surface area (Å²) >= 11 is 6.82. The second-order valence-corrected chi connectivity index (χ2v) is 8.41. The molecular formula is C22H23ClN2O4S. The van der Waals surface area contributed by atoms with Gasteiger partial charge in [-0.15, -0.1) is 0 Å². The van der Waals surface area contributed by atoms with E-state index in [1.54, 1.807) is 6.08 Å². The number of esters is 1. The van der Waals surface area contributed by atoms with E-state index in [2.05, 4.69) is 4.57 Å². The molecule has 6 nitrogen and oxygen atoms in total. The van der Waals surface area contributed by atoms with Gasteiger partial charge in [0.15, 0.2) is 0 Å². The van der Waals surface area contributed by atoms with Crippen LogP contribution in [0.3, 0.4) is 0 Å². The maximum atomic E-state index is 12.7. The molecule has 2 amide bonds. The molecule has 1 fully saturated rings. The van der Waals surface area contributed by atoms with Crippen molar-refractivity contribution in [2.24, 2.45) is 0 Å². The zero-order valence-corrected chi connectivity index (χ0v) is 18.7. The lowest BCUT2D eigenvalue weighted by Crippen LogP contribution is -2.34. The quantitative estimate of drug-likeness (QED) is 0.335. The predicted molar refractivity (Wildman–Crippen MR) is 119 cm³/mol. The molecule has 2 heterocycles. The molecule has 8 heteroatoms. The van der Waals surface area contributed by atoms with Gasteiger partial charge in [0.25, 0.3) is 11.1 Å². The van der Waals surface area contributed by atoms with Gasteiger partial charge in [-0.05, 0) is 74.0 Å². The Morgan fingerprint density at radius 2 is 1.90 bits per heavy atom. The topological polar surface area (TPSA) is 68.6 Å². The van der Waals surface area contributed by atoms with Gasteiger partial charge in [0.05, 0.1) is 11.5 Å². The van der Waals surface area contributed by atoms with Gasteiger partial charge >= 0.3 is 5.97 Å². The van der Waals surface area contributed by atoms with Crippen LogP contribution in [0.1, 0.15) is 36.7 Å². The van der Waals surface area contributed by atoms with Crippen molar-refractivity contribution < 1.29 is 19.1 Å². The fraction of sp³-hybridized carbons (Fsp3) is 0.318. The van der Waals surface area contributed by atoms with Crippen LogP contribution in [0.15, 0.2) is 35.2 Å². The molecule has 3 rings (SSSR count). The van der Waals surface area contributed by atoms with Crippen molar-refractivity contribution in [1.29, 1.82) is 0 Å². The molecule has 1 aliphatic rings. The van der Waals surface area contributed by atoms with Crippen molar-refractivity contribution in [3.63, 3.8) is 0 Å². The van der Waals surface area contributed by atoms with E-state index in [4.69, 9.17) is 16.3 Å². The summed E-state index contributed by atoms with van der Waals surface area (Å²) in [6.07, 6.45) is 3.34. The van der Waals surface area contributed by atoms with E-state index >= 15 is 0 Å². The highest BCUT2D eigenvalue weighted by atomic mass is 35.5. The zero-order valence-electron chi connectivity index (χ0n) is 17.1. The second kappa shape index (κ2) is 9.53. The van der Waals surface area contributed by atoms with Crippen LogP contribution >= 0.6 is 23.4 Å². The number of halogens is 1. The van der Waals surface area contributed by atoms with E-state index in [1.807, 2.05) is 51.1 Å². The number of ether oxygens (including phenoxy) is 1. The van der Waals surface area contributed by atoms with Crippen LogP contribution in [0.25, 0.3) is 11.8 Å². The Morgan fingerprint density at radius 3 is 2.57 bits per heavy atom. The molecule has 0 N–H and O–H groups in total. The van der Waals surface area contributed by atoms with Crippen LogP contribution in [-0.2, 0) is 14.3 Å². The molecule has 0 spiro atoms. The van der Waals surface area contributed by atoms with Gasteiger partial charge in [-0.25, -0.2) is 0 Å². The van der Waals surface area contributed by atoms with Crippen molar-refractivity contribution in [2.45, 2.75) is 33.6 Å². The predicted octanol–water partition coefficient (Wildman–Crippen LogP) is 5.13. The van der Waals surface area contributed by atoms with E-state index in [1.165, 1.54) is 0 Å². The van der Waals surface area contributed by atoms with Crippen LogP contribution in [0, 0.1) is 13.8 Å². The molecule has 0 atom stereocenters. The number of carbonyl (C=O) groups excluding carboxylic acids is 3. The maximum absolute atomic E-state index is 12.7. The number of aromatic nitrogens is 1. The fourth-order valence-electron chi connectivity index (χ4n) is 3.20. The number of hydrogen-bond acceptors (Lipinski definition) is 5. The van der Waals surface area contributed by atoms with E-state index < -0.39 is 17.1 Å². The largest absolute Gasteiger partial charge is 0.464 e. The molecular weight excluding hydrogens is 424 g/mol. The SMILES string of the molecule is CCCCOC(=O)CN1C(=O)S/C(=C/c2cc(C)n(-c3ccc(Cl)cc3)c2C)C1=O. The van der Waals surface area contributed by atoms with Gasteiger partial charge in [0.2, 0.25) is 0 Å². The van der Waals surface area contributed by atoms with Gasteiger partial charge in [-0.3, -0.25) is 19.3 Å². The van der Waals surface area contributed by atoms with E-state index in [0.29, 0.717) is 5.02 Å². The van der Waals surface area contributed by atoms with Gasteiger partial charge in [-0.2, -0.15) is 0 Å². The average molecular weight is 447 g/mol. The molecule has 0 bridgehead atoms. The average Bonchev–Trinajstić information content (AvgIpc) is 3.13. The number of hydrogen-bond donors (Lipinski definition) is 0. The lowest BCUT2D eigenvalue weighted by Gasteiger charge is -2.11. The Labute approximate surface area is 184 Å². The normalized spacial score (nSPS) is 15.3. The molecule has 2 aromatic rings. The highest BCUT2D eigenvalue weighted by molar-refractivity contribution is 8.18. The summed E-state index contributed by atoms with van der Waals surface area (Å²) in [5.74, 6) is -1.05. The Balaban J connectivity index is 1.80. The summed E-state index contributed by atoms with van der Waals surface area (Å²) in [7, 11) is 0. The van der Waals surface area contributed by atoms with Crippen molar-refractivity contribution >= 4 is 46.6 Å². The van der Waals surface area contributed by atoms with Crippen molar-refractivity contribution in [2.75, 3.05) is 13.2 Å². The molecule has 1 saturated heterocycles. The Bertz CT molecular complexity index is 1010. The van der Waals surface area contributed by atoms with Crippen LogP contribution < -0.4 is 0 Å². The third-order valence-corrected chi connectivity index (χ3v) is 5.92. The molecule has 0 radical (unpaired) electrons. The fourth-order valence-corrected chi connectivity index (χ4v) is 4.16. The molecule has 1 aromatic carbocycles. The summed E-state index contributed by atoms with van der Waals surface area (Å²) in [6, 6.07) is 9.44. The summed E-state index contributed by atoms with van der Waals surface area (Å²) in [5.41, 5.74) is 3.70. The summed E-state index contributed by atoms with van der Waals surface area (Å²) in [5, 5.41) is 0.188. The van der Waals surface area contributed by atoms with E-state index in [9.17, 15) is 14.4 Å². The Morgan fingerprint density at radius 1 is 1.20 bits per heavy atom. The first-order valence-electron chi connectivity index (χ1n) is 9.67. The number of carbonyl (C=O) groups is 3. The maximum Gasteiger partial charge on any atom is 0.326 e. The lowest BCUT2D eigenvalue weighted by atomic mass is 10.2. The summed E-state index contributed by atoms with van der Waals surface area (Å²) in [4.78, 5) is 38.1. The van der Waals surface area contributed by atoms with E-state index in [-0.39, 0.29) is 18.1 Å². The van der Waals surface area contributed by atoms with Crippen molar-refractivity contribution in [3.05, 3.63) is 57.2 Å². The molecule has 158 valence electrons. The van der Waals surface area contributed by atoms with Crippen LogP contribution in [0.2, 0.25) is 5.02 Å². The van der Waals surface area contributed by atoms with Crippen molar-refractivity contribution in [3.8, 4) is 5.69 Å². The first-order chi connectivity index (χ1) is 14.3. The lowest BCUT2D eigenvalue weighted by molar-refractivity contribution is -0.146. The monoisotopic (exact) mass is 446 g/mol. The number of rotatable bonds is 7. The van der Waals surface area contributed by atoms with E-state index in [0.717, 1.165) is 52.1 Å². The smallest absolute Gasteiger partial charge is 0.326 e.